The Morgan fingerprint density at radius 3 is 1.87 bits per heavy atom. The Morgan fingerprint density at radius 1 is 0.957 bits per heavy atom. The lowest BCUT2D eigenvalue weighted by Crippen LogP contribution is -2.00. The van der Waals surface area contributed by atoms with Crippen LogP contribution in [0.3, 0.4) is 0 Å². The Balaban J connectivity index is 1.97. The predicted molar refractivity (Wildman–Crippen MR) is 88.9 cm³/mol. The molecule has 0 aliphatic rings. The maximum atomic E-state index is 11.3. The Labute approximate surface area is 133 Å². The summed E-state index contributed by atoms with van der Waals surface area (Å²) in [5, 5.41) is 10.6. The molecule has 0 aromatic heterocycles. The van der Waals surface area contributed by atoms with Crippen LogP contribution in [0.15, 0.2) is 60.7 Å². The highest BCUT2D eigenvalue weighted by molar-refractivity contribution is 5.89. The van der Waals surface area contributed by atoms with Crippen LogP contribution in [-0.4, -0.2) is 18.0 Å². The highest BCUT2D eigenvalue weighted by Gasteiger charge is 2.03. The van der Waals surface area contributed by atoms with Crippen molar-refractivity contribution in [2.24, 2.45) is 0 Å². The number of rotatable bonds is 5. The van der Waals surface area contributed by atoms with Gasteiger partial charge in [-0.1, -0.05) is 36.4 Å². The zero-order valence-electron chi connectivity index (χ0n) is 12.5. The van der Waals surface area contributed by atoms with Crippen molar-refractivity contribution in [3.05, 3.63) is 87.5 Å². The van der Waals surface area contributed by atoms with Crippen molar-refractivity contribution < 1.29 is 14.5 Å². The molecule has 2 rings (SSSR count). The third-order valence-corrected chi connectivity index (χ3v) is 3.12. The topological polar surface area (TPSA) is 69.4 Å². The van der Waals surface area contributed by atoms with Crippen molar-refractivity contribution in [3.8, 4) is 0 Å². The molecule has 2 aromatic rings. The summed E-state index contributed by atoms with van der Waals surface area (Å²) >= 11 is 0. The van der Waals surface area contributed by atoms with E-state index in [2.05, 4.69) is 4.74 Å². The average Bonchev–Trinajstić information content (AvgIpc) is 2.59. The first-order valence-corrected chi connectivity index (χ1v) is 6.88. The summed E-state index contributed by atoms with van der Waals surface area (Å²) in [5.74, 6) is -0.362. The molecule has 0 amide bonds. The first kappa shape index (κ1) is 16.2. The second-order valence-electron chi connectivity index (χ2n) is 4.68. The van der Waals surface area contributed by atoms with Crippen LogP contribution in [-0.2, 0) is 4.74 Å². The van der Waals surface area contributed by atoms with E-state index >= 15 is 0 Å². The molecule has 0 saturated heterocycles. The fourth-order valence-electron chi connectivity index (χ4n) is 1.89. The summed E-state index contributed by atoms with van der Waals surface area (Å²) in [6.45, 7) is 0. The number of nitro groups is 1. The molecule has 0 saturated carbocycles. The molecule has 0 aliphatic heterocycles. The van der Waals surface area contributed by atoms with E-state index in [0.29, 0.717) is 5.56 Å². The molecule has 0 aliphatic carbocycles. The summed E-state index contributed by atoms with van der Waals surface area (Å²) in [4.78, 5) is 21.5. The highest BCUT2D eigenvalue weighted by atomic mass is 16.6. The number of benzene rings is 2. The molecule has 2 aromatic carbocycles. The van der Waals surface area contributed by atoms with Gasteiger partial charge in [0.1, 0.15) is 0 Å². The number of hydrogen-bond donors (Lipinski definition) is 0. The van der Waals surface area contributed by atoms with Crippen molar-refractivity contribution in [1.82, 2.24) is 0 Å². The third kappa shape index (κ3) is 4.64. The summed E-state index contributed by atoms with van der Waals surface area (Å²) in [7, 11) is 1.35. The van der Waals surface area contributed by atoms with Gasteiger partial charge in [-0.25, -0.2) is 4.79 Å². The third-order valence-electron chi connectivity index (χ3n) is 3.12. The summed E-state index contributed by atoms with van der Waals surface area (Å²) in [6, 6.07) is 13.4. The summed E-state index contributed by atoms with van der Waals surface area (Å²) < 4.78 is 4.64. The average molecular weight is 309 g/mol. The zero-order chi connectivity index (χ0) is 16.7. The second kappa shape index (κ2) is 7.70. The number of allylic oxidation sites excluding steroid dienone is 2. The van der Waals surface area contributed by atoms with Crippen LogP contribution in [0.5, 0.6) is 0 Å². The van der Waals surface area contributed by atoms with Gasteiger partial charge in [-0.2, -0.15) is 0 Å². The van der Waals surface area contributed by atoms with Gasteiger partial charge in [0.15, 0.2) is 0 Å². The van der Waals surface area contributed by atoms with Gasteiger partial charge < -0.3 is 4.74 Å². The van der Waals surface area contributed by atoms with Crippen LogP contribution in [0.2, 0.25) is 0 Å². The molecule has 116 valence electrons. The number of nitrogens with zero attached hydrogens (tertiary/aromatic N) is 1. The van der Waals surface area contributed by atoms with Gasteiger partial charge in [-0.15, -0.1) is 0 Å². The first-order chi connectivity index (χ1) is 11.1. The van der Waals surface area contributed by atoms with Gasteiger partial charge in [0, 0.05) is 12.1 Å². The van der Waals surface area contributed by atoms with Crippen LogP contribution in [0.4, 0.5) is 5.69 Å². The standard InChI is InChI=1S/C18H15NO4/c1-23-18(20)16-10-6-14(7-11-16)4-2-3-5-15-8-12-17(13-9-15)19(21)22/h2-13H,1H3/b4-2+,5-3+. The summed E-state index contributed by atoms with van der Waals surface area (Å²) in [6.07, 6.45) is 7.44. The van der Waals surface area contributed by atoms with Crippen molar-refractivity contribution in [3.63, 3.8) is 0 Å². The van der Waals surface area contributed by atoms with E-state index in [1.165, 1.54) is 19.2 Å². The molecule has 23 heavy (non-hydrogen) atoms. The van der Waals surface area contributed by atoms with Crippen LogP contribution in [0.25, 0.3) is 12.2 Å². The smallest absolute Gasteiger partial charge is 0.337 e. The maximum Gasteiger partial charge on any atom is 0.337 e. The molecular formula is C18H15NO4. The molecule has 0 spiro atoms. The number of esters is 1. The maximum absolute atomic E-state index is 11.3. The largest absolute Gasteiger partial charge is 0.465 e. The fraction of sp³-hybridized carbons (Fsp3) is 0.0556. The Morgan fingerprint density at radius 2 is 1.43 bits per heavy atom. The monoisotopic (exact) mass is 309 g/mol. The predicted octanol–water partition coefficient (Wildman–Crippen LogP) is 4.11. The Kier molecular flexibility index (Phi) is 5.41. The number of non-ortho nitro benzene ring substituents is 1. The normalized spacial score (nSPS) is 11.0. The SMILES string of the molecule is COC(=O)c1ccc(/C=C/C=C/c2ccc([N+](=O)[O-])cc2)cc1. The van der Waals surface area contributed by atoms with Crippen LogP contribution < -0.4 is 0 Å². The van der Waals surface area contributed by atoms with Crippen molar-refractivity contribution >= 4 is 23.8 Å². The minimum absolute atomic E-state index is 0.0726. The van der Waals surface area contributed by atoms with E-state index in [9.17, 15) is 14.9 Å². The lowest BCUT2D eigenvalue weighted by atomic mass is 10.1. The lowest BCUT2D eigenvalue weighted by molar-refractivity contribution is -0.384. The number of ether oxygens (including phenoxy) is 1. The molecule has 0 bridgehead atoms. The molecular weight excluding hydrogens is 294 g/mol. The molecule has 0 atom stereocenters. The quantitative estimate of drug-likeness (QED) is 0.361. The van der Waals surface area contributed by atoms with Gasteiger partial charge in [-0.05, 0) is 35.4 Å². The van der Waals surface area contributed by atoms with Crippen molar-refractivity contribution in [1.29, 1.82) is 0 Å². The fourth-order valence-corrected chi connectivity index (χ4v) is 1.89. The van der Waals surface area contributed by atoms with Crippen molar-refractivity contribution in [2.45, 2.75) is 0 Å². The van der Waals surface area contributed by atoms with E-state index in [-0.39, 0.29) is 11.7 Å². The van der Waals surface area contributed by atoms with Gasteiger partial charge in [0.2, 0.25) is 0 Å². The minimum Gasteiger partial charge on any atom is -0.465 e. The molecule has 0 N–H and O–H groups in total. The van der Waals surface area contributed by atoms with Crippen LogP contribution in [0, 0.1) is 10.1 Å². The molecule has 0 fully saturated rings. The van der Waals surface area contributed by atoms with E-state index < -0.39 is 4.92 Å². The number of methoxy groups -OCH3 is 1. The van der Waals surface area contributed by atoms with Gasteiger partial charge in [-0.3, -0.25) is 10.1 Å². The van der Waals surface area contributed by atoms with Gasteiger partial charge >= 0.3 is 5.97 Å². The van der Waals surface area contributed by atoms with Crippen LogP contribution in [0.1, 0.15) is 21.5 Å². The number of carbonyl (C=O) groups is 1. The minimum atomic E-state index is -0.425. The van der Waals surface area contributed by atoms with Gasteiger partial charge in [0.05, 0.1) is 17.6 Å². The van der Waals surface area contributed by atoms with E-state index in [1.807, 2.05) is 36.4 Å². The number of nitro benzene ring substituents is 1. The zero-order valence-corrected chi connectivity index (χ0v) is 12.5. The van der Waals surface area contributed by atoms with E-state index in [0.717, 1.165) is 11.1 Å². The van der Waals surface area contributed by atoms with E-state index in [1.54, 1.807) is 24.3 Å². The molecule has 5 nitrogen and oxygen atoms in total. The second-order valence-corrected chi connectivity index (χ2v) is 4.68. The van der Waals surface area contributed by atoms with E-state index in [4.69, 9.17) is 0 Å². The molecule has 0 heterocycles. The molecule has 5 heteroatoms. The Bertz CT molecular complexity index is 744. The first-order valence-electron chi connectivity index (χ1n) is 6.88. The Hall–Kier alpha value is -3.21. The summed E-state index contributed by atoms with van der Waals surface area (Å²) in [5.41, 5.74) is 2.40. The number of carbonyl (C=O) groups excluding carboxylic acids is 1. The van der Waals surface area contributed by atoms with Crippen molar-refractivity contribution in [2.75, 3.05) is 7.11 Å². The van der Waals surface area contributed by atoms with Crippen LogP contribution >= 0.6 is 0 Å². The lowest BCUT2D eigenvalue weighted by Gasteiger charge is -1.98. The highest BCUT2D eigenvalue weighted by Crippen LogP contribution is 2.13. The van der Waals surface area contributed by atoms with Gasteiger partial charge in [0.25, 0.3) is 5.69 Å². The number of hydrogen-bond acceptors (Lipinski definition) is 4. The molecule has 0 radical (unpaired) electrons. The molecule has 0 unspecified atom stereocenters.